The number of benzene rings is 2. The highest BCUT2D eigenvalue weighted by atomic mass is 32.2. The van der Waals surface area contributed by atoms with Crippen molar-refractivity contribution in [2.75, 3.05) is 20.2 Å². The molecule has 4 rings (SSSR count). The highest BCUT2D eigenvalue weighted by molar-refractivity contribution is 7.89. The van der Waals surface area contributed by atoms with E-state index in [4.69, 9.17) is 9.15 Å². The maximum absolute atomic E-state index is 13.1. The topological polar surface area (TPSA) is 122 Å². The zero-order valence-corrected chi connectivity index (χ0v) is 17.8. The number of fused-ring (bicyclic) bond motifs is 1. The first-order chi connectivity index (χ1) is 14.9. The molecule has 2 aromatic carbocycles. The van der Waals surface area contributed by atoms with Crippen LogP contribution in [0.1, 0.15) is 18.4 Å². The van der Waals surface area contributed by atoms with E-state index in [-0.39, 0.29) is 22.9 Å². The number of carbonyl (C=O) groups excluding carboxylic acids is 1. The third-order valence-electron chi connectivity index (χ3n) is 5.39. The van der Waals surface area contributed by atoms with E-state index in [1.165, 1.54) is 22.5 Å². The van der Waals surface area contributed by atoms with Gasteiger partial charge in [-0.05, 0) is 42.7 Å². The number of rotatable bonds is 6. The molecule has 10 heteroatoms. The Kier molecular flexibility index (Phi) is 5.84. The molecule has 1 atom stereocenters. The van der Waals surface area contributed by atoms with Gasteiger partial charge in [-0.25, -0.2) is 13.2 Å². The quantitative estimate of drug-likeness (QED) is 0.597. The Labute approximate surface area is 179 Å². The second-order valence-corrected chi connectivity index (χ2v) is 9.38. The normalized spacial score (nSPS) is 17.5. The number of nitrogens with one attached hydrogen (secondary N) is 2. The van der Waals surface area contributed by atoms with Gasteiger partial charge < -0.3 is 14.5 Å². The fraction of sp³-hybridized carbons (Fsp3) is 0.333. The Morgan fingerprint density at radius 3 is 2.94 bits per heavy atom. The molecule has 1 aliphatic rings. The van der Waals surface area contributed by atoms with Crippen molar-refractivity contribution in [1.29, 1.82) is 0 Å². The fourth-order valence-electron chi connectivity index (χ4n) is 3.73. The van der Waals surface area contributed by atoms with Gasteiger partial charge in [0.1, 0.15) is 5.75 Å². The molecule has 0 radical (unpaired) electrons. The van der Waals surface area contributed by atoms with Crippen LogP contribution >= 0.6 is 0 Å². The number of aromatic nitrogens is 1. The first kappa shape index (κ1) is 21.1. The van der Waals surface area contributed by atoms with Crippen LogP contribution in [0.2, 0.25) is 0 Å². The average Bonchev–Trinajstić information content (AvgIpc) is 3.17. The third kappa shape index (κ3) is 4.49. The van der Waals surface area contributed by atoms with Gasteiger partial charge in [0.05, 0.1) is 23.4 Å². The predicted molar refractivity (Wildman–Crippen MR) is 113 cm³/mol. The van der Waals surface area contributed by atoms with E-state index in [1.54, 1.807) is 7.11 Å². The van der Waals surface area contributed by atoms with Gasteiger partial charge in [-0.1, -0.05) is 12.1 Å². The monoisotopic (exact) mass is 445 g/mol. The predicted octanol–water partition coefficient (Wildman–Crippen LogP) is 1.85. The zero-order valence-electron chi connectivity index (χ0n) is 17.0. The van der Waals surface area contributed by atoms with Crippen LogP contribution in [0.4, 0.5) is 0 Å². The molecule has 1 amide bonds. The molecule has 0 unspecified atom stereocenters. The number of ether oxygens (including phenoxy) is 1. The van der Waals surface area contributed by atoms with Crippen molar-refractivity contribution >= 4 is 27.0 Å². The molecule has 1 aromatic heterocycles. The maximum atomic E-state index is 13.1. The zero-order chi connectivity index (χ0) is 22.0. The molecular formula is C21H23N3O6S. The van der Waals surface area contributed by atoms with Gasteiger partial charge in [0.2, 0.25) is 15.9 Å². The first-order valence-electron chi connectivity index (χ1n) is 9.90. The lowest BCUT2D eigenvalue weighted by atomic mass is 9.99. The van der Waals surface area contributed by atoms with E-state index < -0.39 is 21.7 Å². The summed E-state index contributed by atoms with van der Waals surface area (Å²) in [5, 5.41) is 2.89. The van der Waals surface area contributed by atoms with E-state index >= 15 is 0 Å². The Bertz CT molecular complexity index is 1260. The lowest BCUT2D eigenvalue weighted by molar-refractivity contribution is -0.126. The molecule has 1 aliphatic heterocycles. The highest BCUT2D eigenvalue weighted by Gasteiger charge is 2.33. The van der Waals surface area contributed by atoms with E-state index in [2.05, 4.69) is 10.3 Å². The molecule has 0 aliphatic carbocycles. The summed E-state index contributed by atoms with van der Waals surface area (Å²) >= 11 is 0. The Balaban J connectivity index is 1.45. The minimum absolute atomic E-state index is 0.0280. The molecule has 164 valence electrons. The summed E-state index contributed by atoms with van der Waals surface area (Å²) in [7, 11) is -2.25. The van der Waals surface area contributed by atoms with Crippen molar-refractivity contribution in [3.05, 3.63) is 58.6 Å². The Morgan fingerprint density at radius 1 is 1.29 bits per heavy atom. The third-order valence-corrected chi connectivity index (χ3v) is 7.25. The summed E-state index contributed by atoms with van der Waals surface area (Å²) in [4.78, 5) is 26.5. The van der Waals surface area contributed by atoms with Crippen molar-refractivity contribution in [2.45, 2.75) is 24.3 Å². The van der Waals surface area contributed by atoms with Crippen LogP contribution in [-0.4, -0.2) is 43.8 Å². The van der Waals surface area contributed by atoms with Crippen LogP contribution in [0.3, 0.4) is 0 Å². The van der Waals surface area contributed by atoms with Crippen LogP contribution in [-0.2, 0) is 21.4 Å². The number of oxazole rings is 1. The second-order valence-electron chi connectivity index (χ2n) is 7.44. The Morgan fingerprint density at radius 2 is 2.13 bits per heavy atom. The second kappa shape index (κ2) is 8.56. The summed E-state index contributed by atoms with van der Waals surface area (Å²) in [6, 6.07) is 11.6. The maximum Gasteiger partial charge on any atom is 0.417 e. The number of H-pyrrole nitrogens is 1. The molecular weight excluding hydrogens is 422 g/mol. The molecule has 2 N–H and O–H groups in total. The SMILES string of the molecule is COc1cccc(CNC(=O)[C@@H]2CCCN(S(=O)(=O)c3ccc4[nH]c(=O)oc4c3)C2)c1. The number of carbonyl (C=O) groups is 1. The molecule has 0 bridgehead atoms. The van der Waals surface area contributed by atoms with Crippen molar-refractivity contribution in [1.82, 2.24) is 14.6 Å². The number of amides is 1. The molecule has 3 aromatic rings. The number of hydrogen-bond donors (Lipinski definition) is 2. The van der Waals surface area contributed by atoms with Crippen LogP contribution in [0.25, 0.3) is 11.1 Å². The van der Waals surface area contributed by atoms with Gasteiger partial charge in [-0.2, -0.15) is 4.31 Å². The molecule has 1 fully saturated rings. The summed E-state index contributed by atoms with van der Waals surface area (Å²) in [6.07, 6.45) is 1.19. The summed E-state index contributed by atoms with van der Waals surface area (Å²) < 4.78 is 37.7. The molecule has 9 nitrogen and oxygen atoms in total. The van der Waals surface area contributed by atoms with Crippen molar-refractivity contribution in [3.8, 4) is 5.75 Å². The molecule has 31 heavy (non-hydrogen) atoms. The summed E-state index contributed by atoms with van der Waals surface area (Å²) in [6.45, 7) is 0.765. The van der Waals surface area contributed by atoms with E-state index in [1.807, 2.05) is 24.3 Å². The summed E-state index contributed by atoms with van der Waals surface area (Å²) in [5.74, 6) is -0.565. The standard InChI is InChI=1S/C21H23N3O6S/c1-29-16-6-2-4-14(10-16)12-22-20(25)15-5-3-9-24(13-15)31(27,28)17-7-8-18-19(11-17)30-21(26)23-18/h2,4,6-8,10-11,15H,3,5,9,12-13H2,1H3,(H,22,25)(H,23,26)/t15-/m1/s1. The number of sulfonamides is 1. The fourth-order valence-corrected chi connectivity index (χ4v) is 5.27. The first-order valence-corrected chi connectivity index (χ1v) is 11.3. The van der Waals surface area contributed by atoms with E-state index in [0.717, 1.165) is 5.56 Å². The molecule has 0 spiro atoms. The van der Waals surface area contributed by atoms with Gasteiger partial charge in [0, 0.05) is 25.7 Å². The van der Waals surface area contributed by atoms with Gasteiger partial charge in [0.15, 0.2) is 5.58 Å². The van der Waals surface area contributed by atoms with Crippen LogP contribution < -0.4 is 15.8 Å². The van der Waals surface area contributed by atoms with Gasteiger partial charge in [-0.15, -0.1) is 0 Å². The molecule has 0 saturated carbocycles. The molecule has 1 saturated heterocycles. The number of aromatic amines is 1. The number of piperidine rings is 1. The lowest BCUT2D eigenvalue weighted by Crippen LogP contribution is -2.45. The van der Waals surface area contributed by atoms with Crippen LogP contribution in [0.5, 0.6) is 5.75 Å². The average molecular weight is 445 g/mol. The van der Waals surface area contributed by atoms with Gasteiger partial charge >= 0.3 is 5.76 Å². The molecule has 2 heterocycles. The van der Waals surface area contributed by atoms with Crippen molar-refractivity contribution < 1.29 is 22.4 Å². The van der Waals surface area contributed by atoms with Gasteiger partial charge in [-0.3, -0.25) is 9.78 Å². The van der Waals surface area contributed by atoms with Gasteiger partial charge in [0.25, 0.3) is 0 Å². The minimum atomic E-state index is -3.83. The van der Waals surface area contributed by atoms with Crippen LogP contribution in [0.15, 0.2) is 56.6 Å². The summed E-state index contributed by atoms with van der Waals surface area (Å²) in [5.41, 5.74) is 1.50. The van der Waals surface area contributed by atoms with Crippen molar-refractivity contribution in [2.24, 2.45) is 5.92 Å². The van der Waals surface area contributed by atoms with E-state index in [9.17, 15) is 18.0 Å². The lowest BCUT2D eigenvalue weighted by Gasteiger charge is -2.31. The number of methoxy groups -OCH3 is 1. The minimum Gasteiger partial charge on any atom is -0.497 e. The largest absolute Gasteiger partial charge is 0.497 e. The highest BCUT2D eigenvalue weighted by Crippen LogP contribution is 2.26. The Hall–Kier alpha value is -3.11. The number of nitrogens with zero attached hydrogens (tertiary/aromatic N) is 1. The van der Waals surface area contributed by atoms with Crippen LogP contribution in [0, 0.1) is 5.92 Å². The number of hydrogen-bond acceptors (Lipinski definition) is 6. The smallest absolute Gasteiger partial charge is 0.417 e. The van der Waals surface area contributed by atoms with Crippen molar-refractivity contribution in [3.63, 3.8) is 0 Å². The van der Waals surface area contributed by atoms with E-state index in [0.29, 0.717) is 37.2 Å².